The van der Waals surface area contributed by atoms with Crippen molar-refractivity contribution in [2.75, 3.05) is 27.1 Å². The normalized spacial score (nSPS) is 21.5. The van der Waals surface area contributed by atoms with E-state index in [1.54, 1.807) is 39.8 Å². The molecule has 9 nitrogen and oxygen atoms in total. The molecular formula is C26H32N2O7. The van der Waals surface area contributed by atoms with Crippen molar-refractivity contribution >= 4 is 12.1 Å². The SMILES string of the molecule is CCOC(=O)[C@H]1[C@@H](c2ccc3c(c2)OCO3)CN(NC(=O)OC(C)(C)C)[C@@H]1c1ccc(OC)cc1. The van der Waals surface area contributed by atoms with E-state index < -0.39 is 23.7 Å². The van der Waals surface area contributed by atoms with Crippen LogP contribution in [0.1, 0.15) is 50.8 Å². The molecule has 0 bridgehead atoms. The van der Waals surface area contributed by atoms with Crippen LogP contribution in [-0.4, -0.2) is 49.7 Å². The zero-order chi connectivity index (χ0) is 25.2. The number of carbonyl (C=O) groups excluding carboxylic acids is 2. The average molecular weight is 485 g/mol. The van der Waals surface area contributed by atoms with E-state index in [9.17, 15) is 9.59 Å². The molecule has 2 aliphatic heterocycles. The van der Waals surface area contributed by atoms with Gasteiger partial charge in [-0.2, -0.15) is 0 Å². The molecule has 9 heteroatoms. The maximum Gasteiger partial charge on any atom is 0.422 e. The summed E-state index contributed by atoms with van der Waals surface area (Å²) in [5, 5.41) is 1.76. The Morgan fingerprint density at radius 3 is 2.40 bits per heavy atom. The molecule has 188 valence electrons. The van der Waals surface area contributed by atoms with Crippen LogP contribution in [0.15, 0.2) is 42.5 Å². The van der Waals surface area contributed by atoms with Gasteiger partial charge < -0.3 is 23.7 Å². The number of nitrogens with one attached hydrogen (secondary N) is 1. The third kappa shape index (κ3) is 5.45. The summed E-state index contributed by atoms with van der Waals surface area (Å²) in [7, 11) is 1.60. The zero-order valence-electron chi connectivity index (χ0n) is 20.7. The lowest BCUT2D eigenvalue weighted by atomic mass is 9.82. The maximum atomic E-state index is 13.4. The van der Waals surface area contributed by atoms with Gasteiger partial charge in [0.1, 0.15) is 11.4 Å². The number of ether oxygens (including phenoxy) is 5. The Bertz CT molecular complexity index is 1060. The molecule has 0 radical (unpaired) electrons. The summed E-state index contributed by atoms with van der Waals surface area (Å²) in [4.78, 5) is 26.1. The Morgan fingerprint density at radius 1 is 1.06 bits per heavy atom. The molecule has 0 aromatic heterocycles. The number of methoxy groups -OCH3 is 1. The van der Waals surface area contributed by atoms with E-state index in [4.69, 9.17) is 23.7 Å². The molecule has 1 N–H and O–H groups in total. The third-order valence-electron chi connectivity index (χ3n) is 5.98. The highest BCUT2D eigenvalue weighted by molar-refractivity contribution is 5.76. The highest BCUT2D eigenvalue weighted by atomic mass is 16.7. The van der Waals surface area contributed by atoms with Crippen LogP contribution in [-0.2, 0) is 14.3 Å². The second-order valence-electron chi connectivity index (χ2n) is 9.48. The predicted molar refractivity (Wildman–Crippen MR) is 127 cm³/mol. The van der Waals surface area contributed by atoms with Crippen LogP contribution in [0, 0.1) is 5.92 Å². The Hall–Kier alpha value is -3.46. The smallest absolute Gasteiger partial charge is 0.422 e. The molecule has 1 amide bonds. The van der Waals surface area contributed by atoms with Crippen LogP contribution in [0.25, 0.3) is 0 Å². The summed E-state index contributed by atoms with van der Waals surface area (Å²) in [6.07, 6.45) is -0.593. The van der Waals surface area contributed by atoms with Gasteiger partial charge >= 0.3 is 12.1 Å². The van der Waals surface area contributed by atoms with Gasteiger partial charge in [-0.05, 0) is 63.1 Å². The molecule has 2 aliphatic rings. The van der Waals surface area contributed by atoms with E-state index in [2.05, 4.69) is 5.43 Å². The Balaban J connectivity index is 1.74. The van der Waals surface area contributed by atoms with E-state index >= 15 is 0 Å². The number of nitrogens with zero attached hydrogens (tertiary/aromatic N) is 1. The van der Waals surface area contributed by atoms with Gasteiger partial charge in [0, 0.05) is 12.5 Å². The summed E-state index contributed by atoms with van der Waals surface area (Å²) < 4.78 is 27.3. The first kappa shape index (κ1) is 24.7. The van der Waals surface area contributed by atoms with Crippen LogP contribution in [0.5, 0.6) is 17.2 Å². The second-order valence-corrected chi connectivity index (χ2v) is 9.48. The number of hydrogen-bond donors (Lipinski definition) is 1. The number of benzene rings is 2. The number of rotatable bonds is 6. The van der Waals surface area contributed by atoms with E-state index in [0.717, 1.165) is 11.1 Å². The largest absolute Gasteiger partial charge is 0.497 e. The summed E-state index contributed by atoms with van der Waals surface area (Å²) >= 11 is 0. The van der Waals surface area contributed by atoms with Gasteiger partial charge in [0.2, 0.25) is 6.79 Å². The molecule has 2 aromatic rings. The van der Waals surface area contributed by atoms with Crippen LogP contribution in [0.4, 0.5) is 4.79 Å². The second kappa shape index (κ2) is 10.0. The van der Waals surface area contributed by atoms with Gasteiger partial charge in [0.15, 0.2) is 11.5 Å². The first-order valence-electron chi connectivity index (χ1n) is 11.7. The van der Waals surface area contributed by atoms with Crippen molar-refractivity contribution in [2.24, 2.45) is 5.92 Å². The van der Waals surface area contributed by atoms with Gasteiger partial charge in [0.25, 0.3) is 0 Å². The molecule has 3 atom stereocenters. The molecule has 2 heterocycles. The molecule has 0 saturated carbocycles. The molecular weight excluding hydrogens is 452 g/mol. The zero-order valence-corrected chi connectivity index (χ0v) is 20.7. The number of fused-ring (bicyclic) bond motifs is 1. The van der Waals surface area contributed by atoms with E-state index in [-0.39, 0.29) is 25.3 Å². The fraction of sp³-hybridized carbons (Fsp3) is 0.462. The lowest BCUT2D eigenvalue weighted by Crippen LogP contribution is -2.45. The minimum absolute atomic E-state index is 0.158. The number of esters is 1. The standard InChI is InChI=1S/C26H32N2O7/c1-6-32-24(29)22-19(17-9-12-20-21(13-17)34-15-33-20)14-28(27-25(30)35-26(2,3)4)23(22)16-7-10-18(31-5)11-8-16/h7-13,19,22-23H,6,14-15H2,1-5H3,(H,27,30)/t19-,22+,23-/m1/s1. The molecule has 0 unspecified atom stereocenters. The fourth-order valence-corrected chi connectivity index (χ4v) is 4.56. The summed E-state index contributed by atoms with van der Waals surface area (Å²) in [6.45, 7) is 7.95. The molecule has 35 heavy (non-hydrogen) atoms. The minimum atomic E-state index is -0.670. The minimum Gasteiger partial charge on any atom is -0.497 e. The lowest BCUT2D eigenvalue weighted by Gasteiger charge is -2.29. The van der Waals surface area contributed by atoms with Crippen molar-refractivity contribution in [3.8, 4) is 17.2 Å². The number of hydrogen-bond acceptors (Lipinski definition) is 8. The van der Waals surface area contributed by atoms with Gasteiger partial charge in [-0.3, -0.25) is 10.2 Å². The quantitative estimate of drug-likeness (QED) is 0.610. The molecule has 2 aromatic carbocycles. The fourth-order valence-electron chi connectivity index (χ4n) is 4.56. The lowest BCUT2D eigenvalue weighted by molar-refractivity contribution is -0.149. The van der Waals surface area contributed by atoms with Crippen molar-refractivity contribution in [2.45, 2.75) is 45.3 Å². The van der Waals surface area contributed by atoms with Crippen LogP contribution < -0.4 is 19.6 Å². The van der Waals surface area contributed by atoms with Gasteiger partial charge in [-0.15, -0.1) is 0 Å². The van der Waals surface area contributed by atoms with Crippen molar-refractivity contribution in [3.05, 3.63) is 53.6 Å². The van der Waals surface area contributed by atoms with Crippen LogP contribution >= 0.6 is 0 Å². The van der Waals surface area contributed by atoms with E-state index in [1.807, 2.05) is 42.5 Å². The van der Waals surface area contributed by atoms with Gasteiger partial charge in [0.05, 0.1) is 25.7 Å². The molecule has 4 rings (SSSR count). The van der Waals surface area contributed by atoms with Crippen molar-refractivity contribution < 1.29 is 33.3 Å². The number of carbonyl (C=O) groups is 2. The van der Waals surface area contributed by atoms with Crippen molar-refractivity contribution in [1.82, 2.24) is 10.4 Å². The Morgan fingerprint density at radius 2 is 1.74 bits per heavy atom. The van der Waals surface area contributed by atoms with Crippen LogP contribution in [0.2, 0.25) is 0 Å². The van der Waals surface area contributed by atoms with E-state index in [0.29, 0.717) is 23.8 Å². The maximum absolute atomic E-state index is 13.4. The topological polar surface area (TPSA) is 95.6 Å². The molecule has 1 saturated heterocycles. The molecule has 1 fully saturated rings. The van der Waals surface area contributed by atoms with Gasteiger partial charge in [-0.1, -0.05) is 18.2 Å². The predicted octanol–water partition coefficient (Wildman–Crippen LogP) is 4.18. The van der Waals surface area contributed by atoms with Crippen LogP contribution in [0.3, 0.4) is 0 Å². The first-order chi connectivity index (χ1) is 16.7. The summed E-state index contributed by atoms with van der Waals surface area (Å²) in [5.74, 6) is 0.756. The highest BCUT2D eigenvalue weighted by Gasteiger charge is 2.49. The average Bonchev–Trinajstić information content (AvgIpc) is 3.42. The number of amides is 1. The molecule has 0 aliphatic carbocycles. The van der Waals surface area contributed by atoms with Crippen molar-refractivity contribution in [1.29, 1.82) is 0 Å². The number of hydrazine groups is 1. The van der Waals surface area contributed by atoms with Crippen molar-refractivity contribution in [3.63, 3.8) is 0 Å². The summed E-state index contributed by atoms with van der Waals surface area (Å²) in [5.41, 5.74) is 3.92. The van der Waals surface area contributed by atoms with E-state index in [1.165, 1.54) is 0 Å². The molecule has 0 spiro atoms. The first-order valence-corrected chi connectivity index (χ1v) is 11.7. The third-order valence-corrected chi connectivity index (χ3v) is 5.98. The Kier molecular flexibility index (Phi) is 7.07. The van der Waals surface area contributed by atoms with Gasteiger partial charge in [-0.25, -0.2) is 9.80 Å². The highest BCUT2D eigenvalue weighted by Crippen LogP contribution is 2.47. The monoisotopic (exact) mass is 484 g/mol. The Labute approximate surface area is 205 Å². The summed E-state index contributed by atoms with van der Waals surface area (Å²) in [6, 6.07) is 12.6.